The first-order chi connectivity index (χ1) is 8.52. The molecule has 0 saturated heterocycles. The summed E-state index contributed by atoms with van der Waals surface area (Å²) in [5.74, 6) is -0.206. The fourth-order valence-corrected chi connectivity index (χ4v) is 1.88. The molecule has 4 nitrogen and oxygen atoms in total. The second-order valence-corrected chi connectivity index (χ2v) is 5.06. The first-order valence-electron chi connectivity index (χ1n) is 5.43. The van der Waals surface area contributed by atoms with Gasteiger partial charge in [0.1, 0.15) is 6.04 Å². The Morgan fingerprint density at radius 3 is 2.44 bits per heavy atom. The van der Waals surface area contributed by atoms with Gasteiger partial charge in [-0.25, -0.2) is 0 Å². The zero-order chi connectivity index (χ0) is 13.5. The molecule has 1 aromatic rings. The Morgan fingerprint density at radius 2 is 1.94 bits per heavy atom. The van der Waals surface area contributed by atoms with Crippen LogP contribution in [0.4, 0.5) is 0 Å². The molecular formula is C12H15BrN2O2S. The molecule has 0 aliphatic heterocycles. The van der Waals surface area contributed by atoms with E-state index < -0.39 is 6.04 Å². The summed E-state index contributed by atoms with van der Waals surface area (Å²) in [6.07, 6.45) is 0. The highest BCUT2D eigenvalue weighted by atomic mass is 79.9. The molecule has 0 saturated carbocycles. The molecule has 2 amide bonds. The van der Waals surface area contributed by atoms with E-state index in [1.165, 1.54) is 6.92 Å². The standard InChI is InChI=1S/C12H15BrN2O2S/c1-8(16)15-11(7-18)12(17)14-6-9-2-4-10(13)5-3-9/h2-5,11,18H,6-7H2,1H3,(H,14,17)(H,15,16). The third kappa shape index (κ3) is 5.10. The van der Waals surface area contributed by atoms with Crippen LogP contribution in [0.25, 0.3) is 0 Å². The van der Waals surface area contributed by atoms with E-state index >= 15 is 0 Å². The second kappa shape index (κ2) is 7.43. The summed E-state index contributed by atoms with van der Waals surface area (Å²) in [6.45, 7) is 1.80. The number of carbonyl (C=O) groups excluding carboxylic acids is 2. The van der Waals surface area contributed by atoms with Gasteiger partial charge in [-0.3, -0.25) is 9.59 Å². The number of thiol groups is 1. The van der Waals surface area contributed by atoms with E-state index in [4.69, 9.17) is 0 Å². The summed E-state index contributed by atoms with van der Waals surface area (Å²) in [5.41, 5.74) is 0.993. The molecule has 0 radical (unpaired) electrons. The van der Waals surface area contributed by atoms with E-state index in [9.17, 15) is 9.59 Å². The number of nitrogens with one attached hydrogen (secondary N) is 2. The lowest BCUT2D eigenvalue weighted by atomic mass is 10.2. The molecule has 1 unspecified atom stereocenters. The molecule has 0 fully saturated rings. The van der Waals surface area contributed by atoms with Crippen LogP contribution in [0.3, 0.4) is 0 Å². The first kappa shape index (κ1) is 15.0. The van der Waals surface area contributed by atoms with E-state index in [-0.39, 0.29) is 17.6 Å². The van der Waals surface area contributed by atoms with E-state index in [1.54, 1.807) is 0 Å². The van der Waals surface area contributed by atoms with E-state index in [0.29, 0.717) is 6.54 Å². The normalized spacial score (nSPS) is 11.7. The maximum Gasteiger partial charge on any atom is 0.243 e. The summed E-state index contributed by atoms with van der Waals surface area (Å²) in [6, 6.07) is 7.05. The minimum Gasteiger partial charge on any atom is -0.350 e. The van der Waals surface area contributed by atoms with Crippen LogP contribution in [0.5, 0.6) is 0 Å². The highest BCUT2D eigenvalue weighted by molar-refractivity contribution is 9.10. The molecular weight excluding hydrogens is 316 g/mol. The Balaban J connectivity index is 2.49. The van der Waals surface area contributed by atoms with Crippen LogP contribution >= 0.6 is 28.6 Å². The minimum absolute atomic E-state index is 0.233. The fraction of sp³-hybridized carbons (Fsp3) is 0.333. The maximum atomic E-state index is 11.8. The van der Waals surface area contributed by atoms with Gasteiger partial charge >= 0.3 is 0 Å². The highest BCUT2D eigenvalue weighted by Gasteiger charge is 2.16. The van der Waals surface area contributed by atoms with Crippen molar-refractivity contribution < 1.29 is 9.59 Å². The number of benzene rings is 1. The number of amides is 2. The second-order valence-electron chi connectivity index (χ2n) is 3.78. The molecule has 98 valence electrons. The molecule has 1 atom stereocenters. The Morgan fingerprint density at radius 1 is 1.33 bits per heavy atom. The molecule has 6 heteroatoms. The number of hydrogen-bond acceptors (Lipinski definition) is 3. The molecule has 1 rings (SSSR count). The Bertz CT molecular complexity index is 423. The SMILES string of the molecule is CC(=O)NC(CS)C(=O)NCc1ccc(Br)cc1. The van der Waals surface area contributed by atoms with Crippen molar-refractivity contribution in [2.24, 2.45) is 0 Å². The van der Waals surface area contributed by atoms with Crippen LogP contribution in [0.15, 0.2) is 28.7 Å². The first-order valence-corrected chi connectivity index (χ1v) is 6.85. The third-order valence-corrected chi connectivity index (χ3v) is 3.15. The van der Waals surface area contributed by atoms with Gasteiger partial charge in [-0.15, -0.1) is 0 Å². The Kier molecular flexibility index (Phi) is 6.21. The molecule has 1 aromatic carbocycles. The Hall–Kier alpha value is -1.01. The zero-order valence-electron chi connectivity index (χ0n) is 9.94. The van der Waals surface area contributed by atoms with Crippen molar-refractivity contribution in [3.8, 4) is 0 Å². The predicted octanol–water partition coefficient (Wildman–Crippen LogP) is 1.50. The van der Waals surface area contributed by atoms with Crippen LogP contribution in [0.1, 0.15) is 12.5 Å². The van der Waals surface area contributed by atoms with E-state index in [1.807, 2.05) is 24.3 Å². The van der Waals surface area contributed by atoms with E-state index in [0.717, 1.165) is 10.0 Å². The van der Waals surface area contributed by atoms with Gasteiger partial charge in [0.15, 0.2) is 0 Å². The number of hydrogen-bond donors (Lipinski definition) is 3. The molecule has 0 heterocycles. The molecule has 0 bridgehead atoms. The van der Waals surface area contributed by atoms with Gasteiger partial charge in [-0.2, -0.15) is 12.6 Å². The Labute approximate surface area is 120 Å². The van der Waals surface area contributed by atoms with Crippen LogP contribution in [-0.4, -0.2) is 23.6 Å². The predicted molar refractivity (Wildman–Crippen MR) is 77.4 cm³/mol. The number of rotatable bonds is 5. The number of halogens is 1. The van der Waals surface area contributed by atoms with Crippen molar-refractivity contribution in [3.63, 3.8) is 0 Å². The summed E-state index contributed by atoms with van der Waals surface area (Å²) in [4.78, 5) is 22.7. The molecule has 2 N–H and O–H groups in total. The van der Waals surface area contributed by atoms with Gasteiger partial charge in [0, 0.05) is 23.7 Å². The van der Waals surface area contributed by atoms with Crippen LogP contribution < -0.4 is 10.6 Å². The molecule has 0 spiro atoms. The van der Waals surface area contributed by atoms with Gasteiger partial charge in [-0.05, 0) is 17.7 Å². The van der Waals surface area contributed by atoms with Crippen molar-refractivity contribution in [2.45, 2.75) is 19.5 Å². The monoisotopic (exact) mass is 330 g/mol. The maximum absolute atomic E-state index is 11.8. The quantitative estimate of drug-likeness (QED) is 0.716. The van der Waals surface area contributed by atoms with Gasteiger partial charge in [0.2, 0.25) is 11.8 Å². The fourth-order valence-electron chi connectivity index (χ4n) is 1.35. The average molecular weight is 331 g/mol. The summed E-state index contributed by atoms with van der Waals surface area (Å²) < 4.78 is 0.990. The summed E-state index contributed by atoms with van der Waals surface area (Å²) >= 11 is 7.38. The van der Waals surface area contributed by atoms with Crippen LogP contribution in [0.2, 0.25) is 0 Å². The lowest BCUT2D eigenvalue weighted by Gasteiger charge is -2.15. The van der Waals surface area contributed by atoms with Gasteiger partial charge < -0.3 is 10.6 Å². The van der Waals surface area contributed by atoms with Crippen LogP contribution in [-0.2, 0) is 16.1 Å². The van der Waals surface area contributed by atoms with E-state index in [2.05, 4.69) is 39.2 Å². The lowest BCUT2D eigenvalue weighted by Crippen LogP contribution is -2.47. The molecule has 0 aromatic heterocycles. The number of carbonyl (C=O) groups is 2. The van der Waals surface area contributed by atoms with Crippen molar-refractivity contribution in [2.75, 3.05) is 5.75 Å². The van der Waals surface area contributed by atoms with Crippen molar-refractivity contribution in [1.29, 1.82) is 0 Å². The zero-order valence-corrected chi connectivity index (χ0v) is 12.4. The smallest absolute Gasteiger partial charge is 0.243 e. The van der Waals surface area contributed by atoms with Crippen molar-refractivity contribution in [3.05, 3.63) is 34.3 Å². The molecule has 0 aliphatic carbocycles. The lowest BCUT2D eigenvalue weighted by molar-refractivity contribution is -0.127. The largest absolute Gasteiger partial charge is 0.350 e. The highest BCUT2D eigenvalue weighted by Crippen LogP contribution is 2.10. The summed E-state index contributed by atoms with van der Waals surface area (Å²) in [7, 11) is 0. The van der Waals surface area contributed by atoms with Gasteiger partial charge in [0.25, 0.3) is 0 Å². The average Bonchev–Trinajstić information content (AvgIpc) is 2.34. The summed E-state index contributed by atoms with van der Waals surface area (Å²) in [5, 5.41) is 5.30. The molecule has 0 aliphatic rings. The minimum atomic E-state index is -0.596. The van der Waals surface area contributed by atoms with Crippen LogP contribution in [0, 0.1) is 0 Å². The van der Waals surface area contributed by atoms with Crippen molar-refractivity contribution >= 4 is 40.4 Å². The van der Waals surface area contributed by atoms with Gasteiger partial charge in [0.05, 0.1) is 0 Å². The van der Waals surface area contributed by atoms with Crippen molar-refractivity contribution in [1.82, 2.24) is 10.6 Å². The molecule has 18 heavy (non-hydrogen) atoms. The van der Waals surface area contributed by atoms with Gasteiger partial charge in [-0.1, -0.05) is 28.1 Å². The third-order valence-electron chi connectivity index (χ3n) is 2.26. The topological polar surface area (TPSA) is 58.2 Å².